The summed E-state index contributed by atoms with van der Waals surface area (Å²) in [6, 6.07) is 2.48. The number of amides is 2. The molecule has 0 aliphatic carbocycles. The molecule has 2 bridgehead atoms. The molecule has 53 heavy (non-hydrogen) atoms. The Kier molecular flexibility index (Phi) is 11.8. The number of carbonyl (C=O) groups excluding carboxylic acids is 5. The summed E-state index contributed by atoms with van der Waals surface area (Å²) in [5, 5.41) is 48.1. The zero-order chi connectivity index (χ0) is 37.9. The number of piperidine rings is 1. The second-order valence-corrected chi connectivity index (χ2v) is 16.6. The second-order valence-electron chi connectivity index (χ2n) is 13.9. The van der Waals surface area contributed by atoms with E-state index in [2.05, 4.69) is 10.1 Å². The molecule has 2 amide bonds. The fraction of sp³-hybridized carbons (Fsp3) is 0.485. The number of anilines is 1. The second kappa shape index (κ2) is 15.4. The summed E-state index contributed by atoms with van der Waals surface area (Å²) < 4.78 is 0.485. The summed E-state index contributed by atoms with van der Waals surface area (Å²) in [6.45, 7) is 6.68. The number of aromatic hydroxyl groups is 2. The van der Waals surface area contributed by atoms with Gasteiger partial charge in [-0.25, -0.2) is 4.98 Å². The van der Waals surface area contributed by atoms with Crippen molar-refractivity contribution in [2.75, 3.05) is 38.5 Å². The molecule has 0 saturated carbocycles. The molecule has 0 unspecified atom stereocenters. The molecule has 4 fully saturated rings. The number of aromatic nitrogens is 1. The Morgan fingerprint density at radius 2 is 1.85 bits per heavy atom. The van der Waals surface area contributed by atoms with Gasteiger partial charge < -0.3 is 50.0 Å². The van der Waals surface area contributed by atoms with Crippen molar-refractivity contribution >= 4 is 75.1 Å². The predicted molar refractivity (Wildman–Crippen MR) is 185 cm³/mol. The summed E-state index contributed by atoms with van der Waals surface area (Å²) in [5.41, 5.74) is 3.94. The van der Waals surface area contributed by atoms with Crippen molar-refractivity contribution in [3.05, 3.63) is 45.1 Å². The van der Waals surface area contributed by atoms with Crippen LogP contribution in [0.15, 0.2) is 33.9 Å². The van der Waals surface area contributed by atoms with Gasteiger partial charge in [-0.05, 0) is 32.9 Å². The van der Waals surface area contributed by atoms with Crippen molar-refractivity contribution < 1.29 is 83.3 Å². The molecule has 278 valence electrons. The topological polar surface area (TPSA) is 239 Å². The number of halogens is 1. The SMILES string of the molecule is C[C@@H]1S[C@@H]2[C@H](CC(=O)/C(=N\OC(C)(C)C(=O)[O-])c3csc(N)n3)C(=O)N2C(C(=O)[O-])=C1C[N+]12CCC(CC1)N(C(=O)c1ccc(O)c(O)c1Cl)CC2.[Na+]. The van der Waals surface area contributed by atoms with Crippen molar-refractivity contribution in [3.63, 3.8) is 0 Å². The van der Waals surface area contributed by atoms with Crippen LogP contribution >= 0.6 is 34.7 Å². The number of oxime groups is 1. The van der Waals surface area contributed by atoms with Gasteiger partial charge in [0.2, 0.25) is 5.91 Å². The Morgan fingerprint density at radius 3 is 2.45 bits per heavy atom. The van der Waals surface area contributed by atoms with Crippen LogP contribution in [0, 0.1) is 5.92 Å². The van der Waals surface area contributed by atoms with Gasteiger partial charge in [0.05, 0.1) is 65.7 Å². The van der Waals surface area contributed by atoms with E-state index < -0.39 is 52.0 Å². The summed E-state index contributed by atoms with van der Waals surface area (Å²) in [4.78, 5) is 77.1. The third-order valence-corrected chi connectivity index (χ3v) is 12.8. The van der Waals surface area contributed by atoms with Gasteiger partial charge in [-0.3, -0.25) is 19.3 Å². The first-order valence-electron chi connectivity index (χ1n) is 16.5. The van der Waals surface area contributed by atoms with Gasteiger partial charge in [0.1, 0.15) is 12.2 Å². The summed E-state index contributed by atoms with van der Waals surface area (Å²) in [6.07, 6.45) is 0.891. The average molecular weight is 799 g/mol. The van der Waals surface area contributed by atoms with Gasteiger partial charge in [-0.2, -0.15) is 0 Å². The molecule has 6 heterocycles. The number of carbonyl (C=O) groups is 5. The van der Waals surface area contributed by atoms with Gasteiger partial charge in [0, 0.05) is 41.5 Å². The van der Waals surface area contributed by atoms with E-state index in [9.17, 15) is 44.4 Å². The summed E-state index contributed by atoms with van der Waals surface area (Å²) in [5.74, 6) is -6.64. The number of benzene rings is 1. The van der Waals surface area contributed by atoms with E-state index in [4.69, 9.17) is 22.2 Å². The molecule has 0 spiro atoms. The average Bonchev–Trinajstić information content (AvgIpc) is 3.34. The zero-order valence-corrected chi connectivity index (χ0v) is 33.8. The first-order valence-corrected chi connectivity index (χ1v) is 18.7. The number of hydrogen-bond acceptors (Lipinski definition) is 15. The number of rotatable bonds is 11. The number of fused-ring (bicyclic) bond motifs is 5. The van der Waals surface area contributed by atoms with Crippen LogP contribution in [0.3, 0.4) is 0 Å². The number of hydrogen-bond donors (Lipinski definition) is 3. The number of aliphatic carboxylic acids is 2. The van der Waals surface area contributed by atoms with Gasteiger partial charge in [-0.1, -0.05) is 16.8 Å². The zero-order valence-electron chi connectivity index (χ0n) is 29.4. The predicted octanol–water partition coefficient (Wildman–Crippen LogP) is -2.94. The van der Waals surface area contributed by atoms with Crippen molar-refractivity contribution in [3.8, 4) is 11.5 Å². The van der Waals surface area contributed by atoms with Crippen LogP contribution in [-0.2, 0) is 24.0 Å². The number of ketones is 1. The largest absolute Gasteiger partial charge is 1.00 e. The number of Topliss-reactive ketones (excluding diaryl/α,β-unsaturated/α-hetero) is 1. The Balaban J connectivity index is 0.00000541. The maximum atomic E-state index is 13.6. The molecular formula is C33H36ClN6NaO10S2. The van der Waals surface area contributed by atoms with E-state index in [1.165, 1.54) is 48.0 Å². The Labute approximate surface area is 339 Å². The molecule has 0 radical (unpaired) electrons. The molecule has 20 heteroatoms. The maximum absolute atomic E-state index is 13.6. The summed E-state index contributed by atoms with van der Waals surface area (Å²) >= 11 is 8.59. The molecular weight excluding hydrogens is 763 g/mol. The minimum atomic E-state index is -1.89. The Hall–Kier alpha value is -3.39. The number of β-lactam (4-membered cyclic amide) rings is 1. The van der Waals surface area contributed by atoms with E-state index in [-0.39, 0.29) is 86.0 Å². The first kappa shape index (κ1) is 40.8. The van der Waals surface area contributed by atoms with Crippen LogP contribution in [0.4, 0.5) is 5.13 Å². The maximum Gasteiger partial charge on any atom is 1.00 e. The van der Waals surface area contributed by atoms with Crippen molar-refractivity contribution in [2.24, 2.45) is 11.1 Å². The standard InChI is InChI=1S/C33H37ClN6O10S2.Na/c1-15-19(13-40-9-6-16(7-10-40)38(8-11-40)27(44)17-4-5-21(41)26(43)23(17)34)25(30(46)47)39-28(45)18(29(39)52-15)12-22(42)24(20-14-51-32(35)36-20)37-50-33(2,3)31(48)49;/h4-5,14-16,18,29H,6-13H2,1-3H3,(H5-,35,36,37,41,42,43,44,46,47,48,49);/q;+1/p-1/t15-,16?,18+,29+,40?;/m0./s1. The van der Waals surface area contributed by atoms with Crippen LogP contribution in [0.5, 0.6) is 11.5 Å². The quantitative estimate of drug-likeness (QED) is 0.0516. The van der Waals surface area contributed by atoms with Crippen LogP contribution < -0.4 is 45.5 Å². The van der Waals surface area contributed by atoms with Gasteiger partial charge in [0.25, 0.3) is 5.91 Å². The molecule has 7 rings (SSSR count). The van der Waals surface area contributed by atoms with E-state index in [0.717, 1.165) is 11.3 Å². The molecule has 5 aliphatic rings. The molecule has 1 aromatic heterocycles. The van der Waals surface area contributed by atoms with Crippen LogP contribution in [-0.4, -0.2) is 120 Å². The van der Waals surface area contributed by atoms with Crippen molar-refractivity contribution in [2.45, 2.75) is 62.3 Å². The monoisotopic (exact) mass is 798 g/mol. The third-order valence-electron chi connectivity index (χ3n) is 10.2. The van der Waals surface area contributed by atoms with Crippen LogP contribution in [0.2, 0.25) is 5.02 Å². The molecule has 4 N–H and O–H groups in total. The fourth-order valence-corrected chi connectivity index (χ4v) is 9.48. The molecule has 2 aromatic rings. The first-order chi connectivity index (χ1) is 24.4. The minimum absolute atomic E-state index is 0. The molecule has 5 aliphatic heterocycles. The van der Waals surface area contributed by atoms with Gasteiger partial charge in [0.15, 0.2) is 33.7 Å². The smallest absolute Gasteiger partial charge is 0.546 e. The van der Waals surface area contributed by atoms with E-state index in [0.29, 0.717) is 55.6 Å². The molecule has 16 nitrogen and oxygen atoms in total. The number of phenols is 2. The van der Waals surface area contributed by atoms with Gasteiger partial charge >= 0.3 is 29.6 Å². The number of carboxylic acids is 2. The number of thioether (sulfide) groups is 1. The van der Waals surface area contributed by atoms with E-state index in [1.54, 1.807) is 4.90 Å². The normalized spacial score (nSPS) is 25.6. The Bertz CT molecular complexity index is 1930. The minimum Gasteiger partial charge on any atom is -0.546 e. The number of quaternary nitrogens is 1. The van der Waals surface area contributed by atoms with Gasteiger partial charge in [-0.15, -0.1) is 23.1 Å². The van der Waals surface area contributed by atoms with E-state index >= 15 is 0 Å². The van der Waals surface area contributed by atoms with Crippen molar-refractivity contribution in [1.82, 2.24) is 14.8 Å². The number of nitrogen functional groups attached to an aromatic ring is 1. The number of nitrogens with zero attached hydrogens (tertiary/aromatic N) is 5. The fourth-order valence-electron chi connectivity index (χ4n) is 7.19. The molecule has 1 aromatic carbocycles. The third kappa shape index (κ3) is 7.63. The Morgan fingerprint density at radius 1 is 1.17 bits per heavy atom. The number of nitrogens with two attached hydrogens (primary N) is 1. The number of carboxylic acid groups (broad SMARTS) is 2. The number of phenolic OH excluding ortho intramolecular Hbond substituents is 2. The number of thiazole rings is 1. The van der Waals surface area contributed by atoms with Crippen LogP contribution in [0.25, 0.3) is 0 Å². The van der Waals surface area contributed by atoms with Crippen LogP contribution in [0.1, 0.15) is 56.1 Å². The summed E-state index contributed by atoms with van der Waals surface area (Å²) in [7, 11) is 0. The molecule has 4 saturated heterocycles. The van der Waals surface area contributed by atoms with Crippen molar-refractivity contribution in [1.29, 1.82) is 0 Å². The molecule has 3 atom stereocenters. The van der Waals surface area contributed by atoms with E-state index in [1.807, 2.05) is 6.92 Å².